The zero-order valence-corrected chi connectivity index (χ0v) is 7.01. The van der Waals surface area contributed by atoms with Gasteiger partial charge in [-0.25, -0.2) is 0 Å². The molecule has 2 unspecified atom stereocenters. The van der Waals surface area contributed by atoms with Crippen molar-refractivity contribution in [2.45, 2.75) is 25.8 Å². The lowest BCUT2D eigenvalue weighted by atomic mass is 9.84. The molecule has 1 heterocycles. The van der Waals surface area contributed by atoms with Gasteiger partial charge in [-0.3, -0.25) is 0 Å². The maximum Gasteiger partial charge on any atom is 0.0319 e. The standard InChI is InChI=1S/C10H15N/c1-8-6-7-11-10-5-3-2-4-9(8)10/h2-4,8,10-11H,5-7H2,1H3. The number of hydrogen-bond acceptors (Lipinski definition) is 1. The Labute approximate surface area is 68.2 Å². The highest BCUT2D eigenvalue weighted by molar-refractivity contribution is 5.27. The normalized spacial score (nSPS) is 36.3. The first-order chi connectivity index (χ1) is 5.38. The first-order valence-corrected chi connectivity index (χ1v) is 4.48. The number of hydrogen-bond donors (Lipinski definition) is 1. The summed E-state index contributed by atoms with van der Waals surface area (Å²) in [4.78, 5) is 0. The van der Waals surface area contributed by atoms with Gasteiger partial charge in [-0.15, -0.1) is 0 Å². The van der Waals surface area contributed by atoms with Crippen LogP contribution in [0, 0.1) is 5.92 Å². The predicted octanol–water partition coefficient (Wildman–Crippen LogP) is 1.87. The van der Waals surface area contributed by atoms with Gasteiger partial charge < -0.3 is 5.32 Å². The van der Waals surface area contributed by atoms with E-state index in [0.29, 0.717) is 6.04 Å². The molecule has 1 nitrogen and oxygen atoms in total. The lowest BCUT2D eigenvalue weighted by Crippen LogP contribution is -2.39. The molecule has 0 spiro atoms. The van der Waals surface area contributed by atoms with Crippen LogP contribution in [0.15, 0.2) is 23.8 Å². The second kappa shape index (κ2) is 2.82. The van der Waals surface area contributed by atoms with Gasteiger partial charge in [0.15, 0.2) is 0 Å². The quantitative estimate of drug-likeness (QED) is 0.554. The van der Waals surface area contributed by atoms with Crippen LogP contribution >= 0.6 is 0 Å². The Morgan fingerprint density at radius 1 is 1.55 bits per heavy atom. The Bertz CT molecular complexity index is 203. The maximum atomic E-state index is 3.53. The minimum atomic E-state index is 0.656. The molecule has 1 heteroatoms. The van der Waals surface area contributed by atoms with Crippen molar-refractivity contribution in [2.24, 2.45) is 5.92 Å². The Morgan fingerprint density at radius 3 is 3.27 bits per heavy atom. The van der Waals surface area contributed by atoms with Gasteiger partial charge in [0.05, 0.1) is 0 Å². The fourth-order valence-electron chi connectivity index (χ4n) is 2.00. The number of piperidine rings is 1. The van der Waals surface area contributed by atoms with E-state index in [2.05, 4.69) is 30.5 Å². The summed E-state index contributed by atoms with van der Waals surface area (Å²) in [6.07, 6.45) is 9.21. The van der Waals surface area contributed by atoms with Crippen LogP contribution in [-0.4, -0.2) is 12.6 Å². The van der Waals surface area contributed by atoms with Crippen LogP contribution in [0.5, 0.6) is 0 Å². The van der Waals surface area contributed by atoms with Gasteiger partial charge in [0.1, 0.15) is 0 Å². The molecule has 1 fully saturated rings. The van der Waals surface area contributed by atoms with Crippen LogP contribution in [-0.2, 0) is 0 Å². The lowest BCUT2D eigenvalue weighted by molar-refractivity contribution is 0.415. The molecule has 0 saturated carbocycles. The third-order valence-electron chi connectivity index (χ3n) is 2.74. The molecule has 0 amide bonds. The molecule has 1 saturated heterocycles. The summed E-state index contributed by atoms with van der Waals surface area (Å²) in [6, 6.07) is 0.656. The van der Waals surface area contributed by atoms with Gasteiger partial charge in [0.25, 0.3) is 0 Å². The largest absolute Gasteiger partial charge is 0.310 e. The van der Waals surface area contributed by atoms with Crippen molar-refractivity contribution < 1.29 is 0 Å². The average molecular weight is 149 g/mol. The van der Waals surface area contributed by atoms with E-state index < -0.39 is 0 Å². The molecular formula is C10H15N. The minimum absolute atomic E-state index is 0.656. The van der Waals surface area contributed by atoms with E-state index in [-0.39, 0.29) is 0 Å². The molecule has 2 aliphatic rings. The first kappa shape index (κ1) is 7.11. The molecule has 1 N–H and O–H groups in total. The Balaban J connectivity index is 2.20. The second-order valence-corrected chi connectivity index (χ2v) is 3.53. The van der Waals surface area contributed by atoms with Crippen LogP contribution in [0.2, 0.25) is 0 Å². The summed E-state index contributed by atoms with van der Waals surface area (Å²) in [5, 5.41) is 3.53. The average Bonchev–Trinajstić information content (AvgIpc) is 2.06. The Morgan fingerprint density at radius 2 is 2.45 bits per heavy atom. The Hall–Kier alpha value is -0.560. The van der Waals surface area contributed by atoms with Crippen molar-refractivity contribution in [3.05, 3.63) is 23.8 Å². The van der Waals surface area contributed by atoms with Gasteiger partial charge >= 0.3 is 0 Å². The third kappa shape index (κ3) is 1.25. The molecule has 0 bridgehead atoms. The molecule has 0 aromatic rings. The van der Waals surface area contributed by atoms with Crippen molar-refractivity contribution in [3.63, 3.8) is 0 Å². The smallest absolute Gasteiger partial charge is 0.0319 e. The van der Waals surface area contributed by atoms with E-state index >= 15 is 0 Å². The number of fused-ring (bicyclic) bond motifs is 1. The Kier molecular flexibility index (Phi) is 1.82. The molecule has 0 aromatic heterocycles. The predicted molar refractivity (Wildman–Crippen MR) is 47.4 cm³/mol. The van der Waals surface area contributed by atoms with E-state index in [1.807, 2.05) is 0 Å². The summed E-state index contributed by atoms with van der Waals surface area (Å²) in [7, 11) is 0. The highest BCUT2D eigenvalue weighted by Gasteiger charge is 2.23. The molecular weight excluding hydrogens is 134 g/mol. The lowest BCUT2D eigenvalue weighted by Gasteiger charge is -2.32. The molecule has 11 heavy (non-hydrogen) atoms. The number of nitrogens with one attached hydrogen (secondary N) is 1. The van der Waals surface area contributed by atoms with E-state index in [4.69, 9.17) is 0 Å². The van der Waals surface area contributed by atoms with Crippen molar-refractivity contribution in [1.82, 2.24) is 5.32 Å². The van der Waals surface area contributed by atoms with Crippen molar-refractivity contribution >= 4 is 0 Å². The SMILES string of the molecule is CC1CCNC2CC=CC=C12. The molecule has 0 radical (unpaired) electrons. The van der Waals surface area contributed by atoms with Gasteiger partial charge in [0, 0.05) is 6.04 Å². The number of allylic oxidation sites excluding steroid dienone is 2. The summed E-state index contributed by atoms with van der Waals surface area (Å²) in [6.45, 7) is 3.52. The molecule has 2 atom stereocenters. The summed E-state index contributed by atoms with van der Waals surface area (Å²) >= 11 is 0. The van der Waals surface area contributed by atoms with Crippen LogP contribution in [0.25, 0.3) is 0 Å². The van der Waals surface area contributed by atoms with Gasteiger partial charge in [-0.1, -0.05) is 30.7 Å². The summed E-state index contributed by atoms with van der Waals surface area (Å²) in [5.41, 5.74) is 1.61. The molecule has 1 aliphatic carbocycles. The zero-order valence-electron chi connectivity index (χ0n) is 7.01. The van der Waals surface area contributed by atoms with Crippen LogP contribution in [0.3, 0.4) is 0 Å². The number of rotatable bonds is 0. The molecule has 1 aliphatic heterocycles. The zero-order chi connectivity index (χ0) is 7.68. The van der Waals surface area contributed by atoms with Crippen LogP contribution in [0.4, 0.5) is 0 Å². The van der Waals surface area contributed by atoms with Gasteiger partial charge in [-0.05, 0) is 25.3 Å². The fourth-order valence-corrected chi connectivity index (χ4v) is 2.00. The minimum Gasteiger partial charge on any atom is -0.310 e. The van der Waals surface area contributed by atoms with Crippen LogP contribution < -0.4 is 5.32 Å². The van der Waals surface area contributed by atoms with Crippen molar-refractivity contribution in [1.29, 1.82) is 0 Å². The van der Waals surface area contributed by atoms with Gasteiger partial charge in [0.2, 0.25) is 0 Å². The highest BCUT2D eigenvalue weighted by Crippen LogP contribution is 2.26. The third-order valence-corrected chi connectivity index (χ3v) is 2.74. The van der Waals surface area contributed by atoms with Crippen LogP contribution in [0.1, 0.15) is 19.8 Å². The molecule has 2 rings (SSSR count). The first-order valence-electron chi connectivity index (χ1n) is 4.48. The second-order valence-electron chi connectivity index (χ2n) is 3.53. The summed E-state index contributed by atoms with van der Waals surface area (Å²) < 4.78 is 0. The molecule has 60 valence electrons. The maximum absolute atomic E-state index is 3.53. The van der Waals surface area contributed by atoms with E-state index in [0.717, 1.165) is 5.92 Å². The van der Waals surface area contributed by atoms with Crippen molar-refractivity contribution in [2.75, 3.05) is 6.54 Å². The van der Waals surface area contributed by atoms with E-state index in [1.54, 1.807) is 5.57 Å². The topological polar surface area (TPSA) is 12.0 Å². The van der Waals surface area contributed by atoms with E-state index in [9.17, 15) is 0 Å². The monoisotopic (exact) mass is 149 g/mol. The summed E-state index contributed by atoms with van der Waals surface area (Å²) in [5.74, 6) is 0.797. The van der Waals surface area contributed by atoms with Gasteiger partial charge in [-0.2, -0.15) is 0 Å². The molecule has 0 aromatic carbocycles. The fraction of sp³-hybridized carbons (Fsp3) is 0.600. The highest BCUT2D eigenvalue weighted by atomic mass is 14.9. The van der Waals surface area contributed by atoms with E-state index in [1.165, 1.54) is 19.4 Å². The van der Waals surface area contributed by atoms with Crippen molar-refractivity contribution in [3.8, 4) is 0 Å².